The number of carbonyl (C=O) groups is 1. The van der Waals surface area contributed by atoms with Crippen molar-refractivity contribution in [3.8, 4) is 103 Å². The first-order valence-electron chi connectivity index (χ1n) is 40.3. The Morgan fingerprint density at radius 2 is 0.622 bits per heavy atom. The molecule has 0 aliphatic carbocycles. The van der Waals surface area contributed by atoms with Crippen molar-refractivity contribution in [2.24, 2.45) is 10.9 Å². The van der Waals surface area contributed by atoms with Gasteiger partial charge in [0.2, 0.25) is 45.7 Å². The zero-order valence-corrected chi connectivity index (χ0v) is 82.3. The summed E-state index contributed by atoms with van der Waals surface area (Å²) >= 11 is 10.2. The number of nitrogens with two attached hydrogens (primary N) is 14. The maximum atomic E-state index is 12.4. The number of carbonyl (C=O) groups excluding carboxylic acids is 1. The van der Waals surface area contributed by atoms with Crippen LogP contribution in [0.4, 0.5) is 89.9 Å². The highest BCUT2D eigenvalue weighted by atomic mass is 127. The van der Waals surface area contributed by atoms with Crippen LogP contribution < -0.4 is 137 Å². The number of hydrogen-bond acceptors (Lipinski definition) is 40. The summed E-state index contributed by atoms with van der Waals surface area (Å²) in [4.78, 5) is 57.2. The van der Waals surface area contributed by atoms with Crippen molar-refractivity contribution in [1.82, 2.24) is 59.8 Å². The predicted octanol–water partition coefficient (Wildman–Crippen LogP) is 15.7. The number of aromatic hydroxyl groups is 1. The van der Waals surface area contributed by atoms with E-state index in [1.807, 2.05) is 110 Å². The molecule has 1 unspecified atom stereocenters. The number of methoxy groups -OCH3 is 4. The van der Waals surface area contributed by atoms with Crippen molar-refractivity contribution in [1.29, 1.82) is 0 Å². The summed E-state index contributed by atoms with van der Waals surface area (Å²) in [5, 5.41) is 27.5. The lowest BCUT2D eigenvalue weighted by Gasteiger charge is -2.19. The van der Waals surface area contributed by atoms with Crippen LogP contribution in [0.2, 0.25) is 5.02 Å². The number of rotatable bonds is 27. The normalized spacial score (nSPS) is 11.2. The lowest BCUT2D eigenvalue weighted by molar-refractivity contribution is -0.0498. The van der Waals surface area contributed by atoms with E-state index in [1.165, 1.54) is 69.6 Å². The molecule has 12 rings (SSSR count). The van der Waals surface area contributed by atoms with E-state index >= 15 is 0 Å². The quantitative estimate of drug-likeness (QED) is 0.0213. The van der Waals surface area contributed by atoms with E-state index in [0.717, 1.165) is 31.6 Å². The Balaban J connectivity index is 0.000000221. The number of phenols is 1. The Morgan fingerprint density at radius 3 is 0.911 bits per heavy atom. The first kappa shape index (κ1) is 108. The van der Waals surface area contributed by atoms with Gasteiger partial charge in [-0.25, -0.2) is 48.3 Å². The van der Waals surface area contributed by atoms with Crippen LogP contribution in [-0.4, -0.2) is 120 Å². The molecule has 6 aromatic carbocycles. The van der Waals surface area contributed by atoms with Crippen molar-refractivity contribution in [3.05, 3.63) is 161 Å². The molecule has 6 aromatic heterocycles. The smallest absolute Gasteiger partial charge is 0.387 e. The van der Waals surface area contributed by atoms with Crippen LogP contribution >= 0.6 is 56.8 Å². The first-order chi connectivity index (χ1) is 63.3. The maximum Gasteiger partial charge on any atom is 0.387 e. The first-order valence-corrected chi connectivity index (χ1v) is 44.4. The van der Waals surface area contributed by atoms with E-state index in [4.69, 9.17) is 139 Å². The van der Waals surface area contributed by atoms with Gasteiger partial charge in [0, 0.05) is 57.1 Å². The number of ether oxygens (including phenoxy) is 11. The average molecular weight is 2140 g/mol. The third kappa shape index (κ3) is 30.4. The number of nitrogens with zero attached hydrogens (tertiary/aromatic N) is 12. The molecular weight excluding hydrogens is 2030 g/mol. The molecule has 0 fully saturated rings. The largest absolute Gasteiger partial charge is 0.507 e. The minimum atomic E-state index is -4.01. The Kier molecular flexibility index (Phi) is 38.7. The number of halogens is 5. The summed E-state index contributed by atoms with van der Waals surface area (Å²) in [6.45, 7) is 22.5. The minimum absolute atomic E-state index is 0.00360. The molecule has 0 aliphatic rings. The van der Waals surface area contributed by atoms with Crippen molar-refractivity contribution in [2.75, 3.05) is 103 Å². The van der Waals surface area contributed by atoms with E-state index in [2.05, 4.69) is 106 Å². The Hall–Kier alpha value is -14.3. The molecule has 0 radical (unpaired) electrons. The number of aliphatic hydroxyl groups is 1. The van der Waals surface area contributed by atoms with E-state index in [1.54, 1.807) is 57.5 Å². The lowest BCUT2D eigenvalue weighted by atomic mass is 9.97. The number of hydrogen-bond donors (Lipinski definition) is 17. The van der Waals surface area contributed by atoms with E-state index in [9.17, 15) is 32.2 Å². The van der Waals surface area contributed by atoms with Gasteiger partial charge < -0.3 is 142 Å². The van der Waals surface area contributed by atoms with E-state index < -0.39 is 28.8 Å². The summed E-state index contributed by atoms with van der Waals surface area (Å²) in [6, 6.07) is 19.2. The van der Waals surface area contributed by atoms with Gasteiger partial charge >= 0.3 is 12.6 Å². The van der Waals surface area contributed by atoms with Crippen LogP contribution in [0.25, 0.3) is 0 Å². The van der Waals surface area contributed by atoms with Crippen molar-refractivity contribution < 1.29 is 84.3 Å². The monoisotopic (exact) mass is 2130 g/mol. The van der Waals surface area contributed by atoms with Gasteiger partial charge in [0.15, 0.2) is 69.4 Å². The zero-order valence-electron chi connectivity index (χ0n) is 76.4. The highest BCUT2D eigenvalue weighted by Crippen LogP contribution is 2.47. The topological polar surface area (TPSA) is 724 Å². The number of phenolic OH excluding ortho intramolecular Hbond substituents is 1. The number of nitrogens with one attached hydrogen (secondary N) is 1. The lowest BCUT2D eigenvalue weighted by Crippen LogP contribution is -2.20. The van der Waals surface area contributed by atoms with Crippen LogP contribution in [0.3, 0.4) is 0 Å². The SMILES string of the molecule is CC(C)c1cc(O)c(I)cc1Oc1cnc(N)nc1N.CC(C)c1cc(OC(F)F)c(Cl)cc1Oc1cnc(N)nc1N.COc1cc(C(C)C)c(Oc2cnc(N)nc2N)cc1C(C)O.COc1cc(C(C)C)c(Oc2cnc(N)nc2N)cc1I.COc1cc(C(C)C)c(Oc2cnc(N)nc2N)cc1NC(N)=O.COc1cc(C(C)C)c(Oc2cnc(N)nc2N)cc1S(N)(=O)=O. The molecule has 31 N–H and O–H groups in total. The molecule has 0 saturated heterocycles. The molecule has 2 amide bonds. The van der Waals surface area contributed by atoms with E-state index in [0.29, 0.717) is 83.4 Å². The minimum Gasteiger partial charge on any atom is -0.507 e. The third-order valence-corrected chi connectivity index (χ3v) is 21.4. The molecule has 12 aromatic rings. The van der Waals surface area contributed by atoms with Gasteiger partial charge in [0.25, 0.3) is 0 Å². The number of amides is 2. The Labute approximate surface area is 808 Å². The summed E-state index contributed by atoms with van der Waals surface area (Å²) in [5.74, 6) is 8.49. The fraction of sp³-hybridized carbons (Fsp3) is 0.291. The van der Waals surface area contributed by atoms with Gasteiger partial charge in [-0.05, 0) is 142 Å². The third-order valence-electron chi connectivity index (χ3n) is 18.5. The summed E-state index contributed by atoms with van der Waals surface area (Å²) in [5.41, 5.74) is 78.6. The van der Waals surface area contributed by atoms with Crippen LogP contribution in [0.5, 0.6) is 103 Å². The molecule has 0 saturated carbocycles. The number of primary sulfonamides is 1. The molecule has 43 nitrogen and oxygen atoms in total. The molecule has 0 spiro atoms. The second-order valence-electron chi connectivity index (χ2n) is 30.4. The van der Waals surface area contributed by atoms with Gasteiger partial charge in [-0.3, -0.25) is 0 Å². The fourth-order valence-electron chi connectivity index (χ4n) is 11.8. The molecule has 1 atom stereocenters. The van der Waals surface area contributed by atoms with Crippen LogP contribution in [-0.2, 0) is 10.0 Å². The number of sulfonamides is 1. The second kappa shape index (κ2) is 48.4. The molecular formula is C86H108ClF2I2N27O16S. The summed E-state index contributed by atoms with van der Waals surface area (Å²) in [7, 11) is 2.07. The van der Waals surface area contributed by atoms with Crippen molar-refractivity contribution in [3.63, 3.8) is 0 Å². The average Bonchev–Trinajstić information content (AvgIpc) is 0.787. The number of aromatic nitrogens is 12. The van der Waals surface area contributed by atoms with Gasteiger partial charge in [-0.1, -0.05) is 94.7 Å². The second-order valence-corrected chi connectivity index (χ2v) is 34.7. The number of anilines is 13. The summed E-state index contributed by atoms with van der Waals surface area (Å²) < 4.78 is 110. The van der Waals surface area contributed by atoms with Gasteiger partial charge in [-0.2, -0.15) is 38.7 Å². The Bertz CT molecular complexity index is 6290. The molecule has 724 valence electrons. The molecule has 6 heterocycles. The predicted molar refractivity (Wildman–Crippen MR) is 529 cm³/mol. The van der Waals surface area contributed by atoms with Crippen LogP contribution in [0, 0.1) is 7.14 Å². The maximum absolute atomic E-state index is 12.4. The van der Waals surface area contributed by atoms with Gasteiger partial charge in [0.05, 0.1) is 89.6 Å². The van der Waals surface area contributed by atoms with E-state index in [-0.39, 0.29) is 156 Å². The van der Waals surface area contributed by atoms with Crippen LogP contribution in [0.15, 0.2) is 115 Å². The highest BCUT2D eigenvalue weighted by Gasteiger charge is 2.27. The van der Waals surface area contributed by atoms with Crippen molar-refractivity contribution >= 4 is 149 Å². The van der Waals surface area contributed by atoms with Gasteiger partial charge in [-0.15, -0.1) is 0 Å². The van der Waals surface area contributed by atoms with Crippen LogP contribution in [0.1, 0.15) is 171 Å². The number of urea groups is 1. The van der Waals surface area contributed by atoms with Crippen molar-refractivity contribution in [2.45, 2.75) is 143 Å². The molecule has 0 bridgehead atoms. The van der Waals surface area contributed by atoms with Gasteiger partial charge in [0.1, 0.15) is 73.9 Å². The fourth-order valence-corrected chi connectivity index (χ4v) is 13.8. The number of primary amides is 1. The summed E-state index contributed by atoms with van der Waals surface area (Å²) in [6.07, 6.45) is 7.64. The highest BCUT2D eigenvalue weighted by molar-refractivity contribution is 14.1. The number of alkyl halides is 2. The number of aliphatic hydroxyl groups excluding tert-OH is 1. The Morgan fingerprint density at radius 1 is 0.363 bits per heavy atom. The standard InChI is InChI=1S/C16H22N4O3.C15H20N6O3.C14H15ClF2N4O2.C14H17IN4O2.C14H19N5O4S.C13H15IN4O2/c1-8(2)10-5-12(22-4)11(9(3)21)6-13(10)23-14-7-19-16(18)20-15(14)17;1-7(2)8-4-11(23-3)9(20-15(18)22)5-10(8)24-12-6-19-14(17)21-13(12)16;1-6(2)7-3-10(23-13(16)17)8(15)4-9(7)22-11-5-20-14(19)21-12(11)18;1-7(2)8-4-11(20-3)9(15)5-10(8)21-12-6-18-14(17)19-13(12)16;1-7(2)8-4-10(22-3)12(24(17,20)21)5-9(8)23-11-6-18-14(16)19-13(11)15;1-6(2)7-3-9(19)8(14)4-10(7)20-11-5-17-13(16)18-12(11)15/h5-9,21H,1-4H3,(H4,17,18,19,20);4-7H,1-3H3,(H3,18,20,22)(H4,16,17,19,21);3-6,13H,1-2H3,(H4,18,19,20,21);4-7H,1-3H3,(H4,16,17,18,19);4-7H,1-3H3,(H2,17,20,21)(H4,15,16,18,19);3-6,19H,1-2H3,(H4,15,16,17,18). The molecule has 0 aliphatic heterocycles. The number of benzene rings is 6. The molecule has 49 heteroatoms. The molecule has 135 heavy (non-hydrogen) atoms. The number of nitrogen functional groups attached to an aromatic ring is 12. The zero-order chi connectivity index (χ0) is 101.